The van der Waals surface area contributed by atoms with Crippen LogP contribution in [0.25, 0.3) is 0 Å². The van der Waals surface area contributed by atoms with E-state index in [4.69, 9.17) is 17.3 Å². The van der Waals surface area contributed by atoms with Crippen molar-refractivity contribution in [3.05, 3.63) is 22.8 Å². The second kappa shape index (κ2) is 4.34. The zero-order valence-electron chi connectivity index (χ0n) is 8.75. The van der Waals surface area contributed by atoms with Gasteiger partial charge in [-0.15, -0.1) is 5.10 Å². The van der Waals surface area contributed by atoms with Crippen LogP contribution in [0.5, 0.6) is 0 Å². The molecule has 0 unspecified atom stereocenters. The van der Waals surface area contributed by atoms with Gasteiger partial charge < -0.3 is 5.73 Å². The summed E-state index contributed by atoms with van der Waals surface area (Å²) < 4.78 is 0. The minimum atomic E-state index is -0.438. The minimum absolute atomic E-state index is 0.102. The van der Waals surface area contributed by atoms with E-state index in [0.29, 0.717) is 0 Å². The quantitative estimate of drug-likeness (QED) is 0.785. The Hall–Kier alpha value is -2.22. The van der Waals surface area contributed by atoms with Gasteiger partial charge in [-0.2, -0.15) is 4.80 Å². The summed E-state index contributed by atoms with van der Waals surface area (Å²) in [6.45, 7) is 0. The van der Waals surface area contributed by atoms with E-state index >= 15 is 0 Å². The molecule has 0 aliphatic carbocycles. The number of carbonyl (C=O) groups is 1. The Morgan fingerprint density at radius 2 is 2.35 bits per heavy atom. The van der Waals surface area contributed by atoms with Crippen LogP contribution < -0.4 is 11.1 Å². The van der Waals surface area contributed by atoms with Crippen molar-refractivity contribution in [2.24, 2.45) is 7.05 Å². The highest BCUT2D eigenvalue weighted by molar-refractivity contribution is 6.33. The highest BCUT2D eigenvalue weighted by atomic mass is 35.5. The number of pyridine rings is 1. The lowest BCUT2D eigenvalue weighted by Gasteiger charge is -2.02. The molecule has 0 atom stereocenters. The maximum atomic E-state index is 11.7. The number of nitrogen functional groups attached to an aromatic ring is 1. The number of rotatable bonds is 2. The lowest BCUT2D eigenvalue weighted by atomic mass is 10.2. The molecule has 0 aliphatic rings. The summed E-state index contributed by atoms with van der Waals surface area (Å²) in [6, 6.07) is 1.41. The van der Waals surface area contributed by atoms with E-state index in [1.807, 2.05) is 0 Å². The molecule has 0 aliphatic heterocycles. The molecule has 0 fully saturated rings. The molecular weight excluding hydrogens is 246 g/mol. The number of aromatic nitrogens is 5. The van der Waals surface area contributed by atoms with Crippen molar-refractivity contribution in [2.45, 2.75) is 0 Å². The van der Waals surface area contributed by atoms with Gasteiger partial charge in [-0.1, -0.05) is 16.7 Å². The molecule has 0 saturated carbocycles. The van der Waals surface area contributed by atoms with Crippen LogP contribution in [-0.2, 0) is 7.05 Å². The van der Waals surface area contributed by atoms with Crippen LogP contribution in [-0.4, -0.2) is 31.1 Å². The van der Waals surface area contributed by atoms with Crippen LogP contribution in [0.4, 0.5) is 11.8 Å². The second-order valence-corrected chi connectivity index (χ2v) is 3.55. The predicted molar refractivity (Wildman–Crippen MR) is 60.4 cm³/mol. The van der Waals surface area contributed by atoms with Gasteiger partial charge in [0.15, 0.2) is 0 Å². The third kappa shape index (κ3) is 2.48. The topological polar surface area (TPSA) is 112 Å². The third-order valence-corrected chi connectivity index (χ3v) is 2.17. The van der Waals surface area contributed by atoms with Crippen molar-refractivity contribution in [1.82, 2.24) is 25.2 Å². The lowest BCUT2D eigenvalue weighted by molar-refractivity contribution is 0.102. The standard InChI is InChI=1S/C8H8ClN7O/c1-16-14-8(13-15-16)12-7(17)4-2-5(9)6(10)11-3-4/h2-3H,1H3,(H2,10,11)(H,12,14,17). The van der Waals surface area contributed by atoms with Gasteiger partial charge in [0.1, 0.15) is 5.82 Å². The first-order valence-electron chi connectivity index (χ1n) is 4.52. The number of hydrogen-bond acceptors (Lipinski definition) is 6. The van der Waals surface area contributed by atoms with Gasteiger partial charge in [-0.25, -0.2) is 4.98 Å². The molecule has 0 spiro atoms. The summed E-state index contributed by atoms with van der Waals surface area (Å²) in [7, 11) is 1.59. The second-order valence-electron chi connectivity index (χ2n) is 3.15. The van der Waals surface area contributed by atoms with E-state index in [-0.39, 0.29) is 22.4 Å². The summed E-state index contributed by atoms with van der Waals surface area (Å²) in [5.41, 5.74) is 5.69. The van der Waals surface area contributed by atoms with E-state index in [2.05, 4.69) is 25.7 Å². The largest absolute Gasteiger partial charge is 0.382 e. The third-order valence-electron chi connectivity index (χ3n) is 1.87. The van der Waals surface area contributed by atoms with Crippen LogP contribution in [0, 0.1) is 0 Å². The molecule has 0 bridgehead atoms. The Balaban J connectivity index is 2.17. The normalized spacial score (nSPS) is 10.2. The number of amides is 1. The van der Waals surface area contributed by atoms with Gasteiger partial charge in [-0.3, -0.25) is 10.1 Å². The van der Waals surface area contributed by atoms with Gasteiger partial charge in [0.05, 0.1) is 17.6 Å². The summed E-state index contributed by atoms with van der Waals surface area (Å²) >= 11 is 5.75. The van der Waals surface area contributed by atoms with Crippen LogP contribution in [0.15, 0.2) is 12.3 Å². The molecular formula is C8H8ClN7O. The zero-order chi connectivity index (χ0) is 12.4. The molecule has 0 aromatic carbocycles. The van der Waals surface area contributed by atoms with Crippen LogP contribution in [0.2, 0.25) is 5.02 Å². The lowest BCUT2D eigenvalue weighted by Crippen LogP contribution is -2.14. The van der Waals surface area contributed by atoms with Crippen LogP contribution >= 0.6 is 11.6 Å². The van der Waals surface area contributed by atoms with Crippen molar-refractivity contribution in [3.8, 4) is 0 Å². The van der Waals surface area contributed by atoms with Crippen molar-refractivity contribution in [3.63, 3.8) is 0 Å². The Kier molecular flexibility index (Phi) is 2.88. The molecule has 3 N–H and O–H groups in total. The number of hydrogen-bond donors (Lipinski definition) is 2. The van der Waals surface area contributed by atoms with Gasteiger partial charge >= 0.3 is 0 Å². The van der Waals surface area contributed by atoms with Crippen LogP contribution in [0.3, 0.4) is 0 Å². The maximum absolute atomic E-state index is 11.7. The number of nitrogens with one attached hydrogen (secondary N) is 1. The van der Waals surface area contributed by atoms with Crippen molar-refractivity contribution < 1.29 is 4.79 Å². The van der Waals surface area contributed by atoms with E-state index in [1.165, 1.54) is 17.1 Å². The fourth-order valence-electron chi connectivity index (χ4n) is 1.08. The van der Waals surface area contributed by atoms with Crippen molar-refractivity contribution in [2.75, 3.05) is 11.1 Å². The smallest absolute Gasteiger partial charge is 0.270 e. The van der Waals surface area contributed by atoms with E-state index in [0.717, 1.165) is 0 Å². The Labute approximate surface area is 101 Å². The molecule has 2 aromatic rings. The Bertz CT molecular complexity index is 567. The van der Waals surface area contributed by atoms with E-state index in [1.54, 1.807) is 7.05 Å². The summed E-state index contributed by atoms with van der Waals surface area (Å²) in [5, 5.41) is 13.6. The fourth-order valence-corrected chi connectivity index (χ4v) is 1.25. The molecule has 9 heteroatoms. The first-order chi connectivity index (χ1) is 8.06. The van der Waals surface area contributed by atoms with Gasteiger partial charge in [0.25, 0.3) is 11.9 Å². The number of tetrazole rings is 1. The molecule has 8 nitrogen and oxygen atoms in total. The van der Waals surface area contributed by atoms with Gasteiger partial charge in [-0.05, 0) is 11.3 Å². The molecule has 0 radical (unpaired) electrons. The average Bonchev–Trinajstić information content (AvgIpc) is 2.68. The first-order valence-corrected chi connectivity index (χ1v) is 4.90. The average molecular weight is 254 g/mol. The summed E-state index contributed by atoms with van der Waals surface area (Å²) in [4.78, 5) is 16.7. The highest BCUT2D eigenvalue weighted by Crippen LogP contribution is 2.17. The van der Waals surface area contributed by atoms with Crippen LogP contribution in [0.1, 0.15) is 10.4 Å². The van der Waals surface area contributed by atoms with Crippen molar-refractivity contribution in [1.29, 1.82) is 0 Å². The first kappa shape index (κ1) is 11.3. The number of anilines is 2. The highest BCUT2D eigenvalue weighted by Gasteiger charge is 2.11. The van der Waals surface area contributed by atoms with E-state index < -0.39 is 5.91 Å². The van der Waals surface area contributed by atoms with Crippen molar-refractivity contribution >= 4 is 29.3 Å². The molecule has 88 valence electrons. The van der Waals surface area contributed by atoms with E-state index in [9.17, 15) is 4.79 Å². The molecule has 2 heterocycles. The minimum Gasteiger partial charge on any atom is -0.382 e. The molecule has 2 rings (SSSR count). The number of aryl methyl sites for hydroxylation is 1. The summed E-state index contributed by atoms with van der Waals surface area (Å²) in [5.74, 6) is -0.168. The molecule has 0 saturated heterocycles. The number of carbonyl (C=O) groups excluding carboxylic acids is 1. The van der Waals surface area contributed by atoms with Gasteiger partial charge in [0.2, 0.25) is 0 Å². The predicted octanol–water partition coefficient (Wildman–Crippen LogP) is 0.0930. The number of halogens is 1. The maximum Gasteiger partial charge on any atom is 0.270 e. The number of nitrogens with zero attached hydrogens (tertiary/aromatic N) is 5. The number of nitrogens with two attached hydrogens (primary N) is 1. The Morgan fingerprint density at radius 1 is 1.59 bits per heavy atom. The fraction of sp³-hybridized carbons (Fsp3) is 0.125. The zero-order valence-corrected chi connectivity index (χ0v) is 9.51. The molecule has 17 heavy (non-hydrogen) atoms. The SMILES string of the molecule is Cn1nnc(NC(=O)c2cnc(N)c(Cl)c2)n1. The Morgan fingerprint density at radius 3 is 2.94 bits per heavy atom. The monoisotopic (exact) mass is 253 g/mol. The molecule has 1 amide bonds. The van der Waals surface area contributed by atoms with Gasteiger partial charge in [0, 0.05) is 6.20 Å². The molecule has 2 aromatic heterocycles. The summed E-state index contributed by atoms with van der Waals surface area (Å²) in [6.07, 6.45) is 1.31.